The van der Waals surface area contributed by atoms with Gasteiger partial charge in [0.2, 0.25) is 11.8 Å². The zero-order valence-corrected chi connectivity index (χ0v) is 25.2. The van der Waals surface area contributed by atoms with Gasteiger partial charge >= 0.3 is 5.97 Å². The molecule has 2 heterocycles. The molecule has 9 nitrogen and oxygen atoms in total. The van der Waals surface area contributed by atoms with E-state index in [9.17, 15) is 19.5 Å². The van der Waals surface area contributed by atoms with Crippen molar-refractivity contribution in [3.8, 4) is 17.2 Å². The van der Waals surface area contributed by atoms with Crippen LogP contribution in [0.25, 0.3) is 0 Å². The average molecular weight is 591 g/mol. The topological polar surface area (TPSA) is 106 Å². The highest BCUT2D eigenvalue weighted by atomic mass is 16.5. The lowest BCUT2D eigenvalue weighted by molar-refractivity contribution is -0.160. The van der Waals surface area contributed by atoms with Crippen molar-refractivity contribution in [2.24, 2.45) is 10.8 Å². The van der Waals surface area contributed by atoms with Gasteiger partial charge in [0.05, 0.1) is 25.7 Å². The van der Waals surface area contributed by atoms with E-state index in [0.717, 1.165) is 69.4 Å². The minimum atomic E-state index is -0.626. The minimum Gasteiger partial charge on any atom is -0.493 e. The summed E-state index contributed by atoms with van der Waals surface area (Å²) in [6.07, 6.45) is 6.57. The lowest BCUT2D eigenvalue weighted by Crippen LogP contribution is -2.50. The van der Waals surface area contributed by atoms with Gasteiger partial charge in [0.1, 0.15) is 12.4 Å². The molecule has 5 aliphatic rings. The lowest BCUT2D eigenvalue weighted by Gasteiger charge is -2.53. The third kappa shape index (κ3) is 5.84. The van der Waals surface area contributed by atoms with Gasteiger partial charge in [-0.3, -0.25) is 24.2 Å². The molecular formula is C34H42N2O7. The first-order chi connectivity index (χ1) is 20.7. The second-order valence-corrected chi connectivity index (χ2v) is 12.9. The standard InChI is InChI=1S/C34H42N2O7/c1-23(25-4-6-27-26(20-25)9-17-42-27)35(22-33-10-13-34(14-11-33,15-12-33)32(39)40)21-24-3-5-28(29(19-24)41-2)43-18-16-36-30(37)7-8-31(36)38/h3-6,19-20,23H,7-18,21-22H2,1-2H3,(H,39,40). The number of fused-ring (bicyclic) bond motifs is 4. The number of imide groups is 1. The molecule has 1 saturated heterocycles. The molecule has 2 aromatic carbocycles. The van der Waals surface area contributed by atoms with Crippen LogP contribution in [0.15, 0.2) is 36.4 Å². The number of ether oxygens (including phenoxy) is 3. The van der Waals surface area contributed by atoms with Crippen LogP contribution in [-0.4, -0.2) is 66.1 Å². The Kier molecular flexibility index (Phi) is 8.11. The molecule has 3 aliphatic carbocycles. The Bertz CT molecular complexity index is 1360. The molecule has 1 N–H and O–H groups in total. The number of amides is 2. The van der Waals surface area contributed by atoms with Crippen LogP contribution < -0.4 is 14.2 Å². The summed E-state index contributed by atoms with van der Waals surface area (Å²) in [6.45, 7) is 5.02. The van der Waals surface area contributed by atoms with E-state index in [2.05, 4.69) is 36.1 Å². The van der Waals surface area contributed by atoms with Crippen molar-refractivity contribution >= 4 is 17.8 Å². The Hall–Kier alpha value is -3.59. The van der Waals surface area contributed by atoms with Crippen molar-refractivity contribution in [1.82, 2.24) is 9.80 Å². The van der Waals surface area contributed by atoms with Gasteiger partial charge in [-0.05, 0) is 85.8 Å². The molecule has 2 amide bonds. The third-order valence-corrected chi connectivity index (χ3v) is 10.5. The Morgan fingerprint density at radius 1 is 1.00 bits per heavy atom. The Morgan fingerprint density at radius 2 is 1.72 bits per heavy atom. The molecule has 43 heavy (non-hydrogen) atoms. The molecule has 4 fully saturated rings. The number of carbonyl (C=O) groups is 3. The van der Waals surface area contributed by atoms with Gasteiger partial charge in [-0.25, -0.2) is 0 Å². The maximum atomic E-state index is 12.1. The Balaban J connectivity index is 1.20. The maximum absolute atomic E-state index is 12.1. The number of hydrogen-bond donors (Lipinski definition) is 1. The van der Waals surface area contributed by atoms with Gasteiger partial charge in [0, 0.05) is 38.4 Å². The van der Waals surface area contributed by atoms with Gasteiger partial charge < -0.3 is 19.3 Å². The largest absolute Gasteiger partial charge is 0.493 e. The summed E-state index contributed by atoms with van der Waals surface area (Å²) in [5.74, 6) is 1.24. The number of hydrogen-bond acceptors (Lipinski definition) is 7. The Morgan fingerprint density at radius 3 is 2.40 bits per heavy atom. The quantitative estimate of drug-likeness (QED) is 0.339. The lowest BCUT2D eigenvalue weighted by atomic mass is 9.53. The van der Waals surface area contributed by atoms with Crippen LogP contribution >= 0.6 is 0 Å². The van der Waals surface area contributed by atoms with E-state index in [4.69, 9.17) is 14.2 Å². The zero-order valence-electron chi connectivity index (χ0n) is 25.2. The van der Waals surface area contributed by atoms with E-state index in [1.807, 2.05) is 12.1 Å². The molecule has 230 valence electrons. The average Bonchev–Trinajstić information content (AvgIpc) is 3.63. The highest BCUT2D eigenvalue weighted by Gasteiger charge is 2.53. The summed E-state index contributed by atoms with van der Waals surface area (Å²) in [6, 6.07) is 12.6. The van der Waals surface area contributed by atoms with E-state index in [0.29, 0.717) is 18.0 Å². The molecule has 1 unspecified atom stereocenters. The van der Waals surface area contributed by atoms with Crippen molar-refractivity contribution in [2.45, 2.75) is 77.3 Å². The van der Waals surface area contributed by atoms with Crippen LogP contribution in [0, 0.1) is 10.8 Å². The predicted octanol–water partition coefficient (Wildman–Crippen LogP) is 5.15. The van der Waals surface area contributed by atoms with E-state index >= 15 is 0 Å². The second-order valence-electron chi connectivity index (χ2n) is 12.9. The van der Waals surface area contributed by atoms with Gasteiger partial charge in [-0.1, -0.05) is 18.2 Å². The number of likely N-dealkylation sites (tertiary alicyclic amines) is 1. The van der Waals surface area contributed by atoms with E-state index in [1.54, 1.807) is 7.11 Å². The van der Waals surface area contributed by atoms with E-state index < -0.39 is 11.4 Å². The summed E-state index contributed by atoms with van der Waals surface area (Å²) in [5.41, 5.74) is 3.18. The highest BCUT2D eigenvalue weighted by molar-refractivity contribution is 6.01. The second kappa shape index (κ2) is 11.8. The number of nitrogens with zero attached hydrogens (tertiary/aromatic N) is 2. The number of carbonyl (C=O) groups excluding carboxylic acids is 2. The molecule has 0 aromatic heterocycles. The van der Waals surface area contributed by atoms with Gasteiger partial charge in [-0.2, -0.15) is 0 Å². The monoisotopic (exact) mass is 590 g/mol. The van der Waals surface area contributed by atoms with Gasteiger partial charge in [-0.15, -0.1) is 0 Å². The summed E-state index contributed by atoms with van der Waals surface area (Å²) in [7, 11) is 1.62. The molecule has 2 aromatic rings. The number of methoxy groups -OCH3 is 1. The van der Waals surface area contributed by atoms with E-state index in [-0.39, 0.29) is 49.3 Å². The van der Waals surface area contributed by atoms with Crippen molar-refractivity contribution in [3.05, 3.63) is 53.1 Å². The fourth-order valence-corrected chi connectivity index (χ4v) is 7.54. The number of benzene rings is 2. The molecule has 1 atom stereocenters. The molecule has 0 radical (unpaired) electrons. The van der Waals surface area contributed by atoms with Crippen molar-refractivity contribution in [3.63, 3.8) is 0 Å². The summed E-state index contributed by atoms with van der Waals surface area (Å²) >= 11 is 0. The van der Waals surface area contributed by atoms with Crippen molar-refractivity contribution in [2.75, 3.05) is 33.4 Å². The first-order valence-corrected chi connectivity index (χ1v) is 15.6. The first-order valence-electron chi connectivity index (χ1n) is 15.6. The molecule has 0 spiro atoms. The van der Waals surface area contributed by atoms with Crippen molar-refractivity contribution in [1.29, 1.82) is 0 Å². The van der Waals surface area contributed by atoms with E-state index in [1.165, 1.54) is 16.0 Å². The predicted molar refractivity (Wildman–Crippen MR) is 159 cm³/mol. The molecular weight excluding hydrogens is 548 g/mol. The Labute approximate surface area is 253 Å². The number of rotatable bonds is 12. The third-order valence-electron chi connectivity index (χ3n) is 10.5. The SMILES string of the molecule is COc1cc(CN(CC23CCC(C(=O)O)(CC2)CC3)C(C)c2ccc3c(c2)CCO3)ccc1OCCN1C(=O)CCC1=O. The molecule has 3 saturated carbocycles. The van der Waals surface area contributed by atoms with Gasteiger partial charge in [0.15, 0.2) is 11.5 Å². The summed E-state index contributed by atoms with van der Waals surface area (Å²) < 4.78 is 17.4. The molecule has 7 rings (SSSR count). The fourth-order valence-electron chi connectivity index (χ4n) is 7.54. The number of aliphatic carboxylic acids is 1. The zero-order chi connectivity index (χ0) is 30.2. The first kappa shape index (κ1) is 29.5. The molecule has 9 heteroatoms. The maximum Gasteiger partial charge on any atom is 0.309 e. The van der Waals surface area contributed by atoms with Crippen LogP contribution in [0.5, 0.6) is 17.2 Å². The van der Waals surface area contributed by atoms with Crippen LogP contribution in [-0.2, 0) is 27.3 Å². The normalized spacial score (nSPS) is 25.1. The highest BCUT2D eigenvalue weighted by Crippen LogP contribution is 2.57. The minimum absolute atomic E-state index is 0.114. The van der Waals surface area contributed by atoms with Crippen molar-refractivity contribution < 1.29 is 33.7 Å². The fraction of sp³-hybridized carbons (Fsp3) is 0.559. The van der Waals surface area contributed by atoms with Crippen LogP contribution in [0.4, 0.5) is 0 Å². The van der Waals surface area contributed by atoms with Crippen LogP contribution in [0.2, 0.25) is 0 Å². The summed E-state index contributed by atoms with van der Waals surface area (Å²) in [4.78, 5) is 39.7. The smallest absolute Gasteiger partial charge is 0.309 e. The van der Waals surface area contributed by atoms with Crippen LogP contribution in [0.1, 0.15) is 81.0 Å². The van der Waals surface area contributed by atoms with Crippen LogP contribution in [0.3, 0.4) is 0 Å². The number of carboxylic acids is 1. The molecule has 2 bridgehead atoms. The van der Waals surface area contributed by atoms with Gasteiger partial charge in [0.25, 0.3) is 0 Å². The summed E-state index contributed by atoms with van der Waals surface area (Å²) in [5, 5.41) is 9.92. The number of carboxylic acid groups (broad SMARTS) is 1. The molecule has 2 aliphatic heterocycles.